The molecule has 20 heavy (non-hydrogen) atoms. The van der Waals surface area contributed by atoms with Crippen LogP contribution in [0.15, 0.2) is 27.1 Å². The van der Waals surface area contributed by atoms with Crippen molar-refractivity contribution in [3.63, 3.8) is 0 Å². The molecule has 2 rings (SSSR count). The Hall–Kier alpha value is -0.520. The van der Waals surface area contributed by atoms with E-state index in [1.165, 1.54) is 5.56 Å². The highest BCUT2D eigenvalue weighted by Crippen LogP contribution is 2.26. The molecule has 0 saturated carbocycles. The van der Waals surface area contributed by atoms with Crippen molar-refractivity contribution in [1.29, 1.82) is 0 Å². The summed E-state index contributed by atoms with van der Waals surface area (Å²) in [5.74, 6) is 1.37. The minimum atomic E-state index is 0.553. The first-order valence-corrected chi connectivity index (χ1v) is 8.43. The molecule has 0 unspecified atom stereocenters. The van der Waals surface area contributed by atoms with E-state index in [2.05, 4.69) is 80.8 Å². The highest BCUT2D eigenvalue weighted by Gasteiger charge is 2.10. The number of aromatic amines is 1. The minimum Gasteiger partial charge on any atom is -0.342 e. The van der Waals surface area contributed by atoms with Crippen LogP contribution in [0.5, 0.6) is 0 Å². The van der Waals surface area contributed by atoms with E-state index in [0.29, 0.717) is 10.6 Å². The van der Waals surface area contributed by atoms with Gasteiger partial charge in [-0.05, 0) is 46.8 Å². The molecular weight excluding hydrogens is 400 g/mol. The van der Waals surface area contributed by atoms with Gasteiger partial charge in [-0.3, -0.25) is 0 Å². The lowest BCUT2D eigenvalue weighted by atomic mass is 10.1. The van der Waals surface area contributed by atoms with E-state index in [1.807, 2.05) is 0 Å². The zero-order valence-corrected chi connectivity index (χ0v) is 15.6. The van der Waals surface area contributed by atoms with Gasteiger partial charge in [0.25, 0.3) is 0 Å². The molecule has 1 aromatic heterocycles. The van der Waals surface area contributed by atoms with Crippen molar-refractivity contribution in [3.05, 3.63) is 43.0 Å². The van der Waals surface area contributed by atoms with Gasteiger partial charge in [0.2, 0.25) is 0 Å². The molecule has 2 aromatic rings. The van der Waals surface area contributed by atoms with E-state index in [0.717, 1.165) is 32.4 Å². The zero-order valence-electron chi connectivity index (χ0n) is 11.6. The predicted octanol–water partition coefficient (Wildman–Crippen LogP) is 5.84. The highest BCUT2D eigenvalue weighted by molar-refractivity contribution is 9.10. The Bertz CT molecular complexity index is 693. The van der Waals surface area contributed by atoms with Crippen molar-refractivity contribution < 1.29 is 0 Å². The number of hydrogen-bond acceptors (Lipinski definition) is 2. The van der Waals surface area contributed by atoms with Crippen LogP contribution in [0, 0.1) is 17.5 Å². The van der Waals surface area contributed by atoms with Crippen LogP contribution >= 0.6 is 44.1 Å². The van der Waals surface area contributed by atoms with Gasteiger partial charge in [0.05, 0.1) is 4.47 Å². The second-order valence-electron chi connectivity index (χ2n) is 5.25. The van der Waals surface area contributed by atoms with Crippen LogP contribution < -0.4 is 0 Å². The van der Waals surface area contributed by atoms with Gasteiger partial charge in [-0.1, -0.05) is 54.1 Å². The normalized spacial score (nSPS) is 11.1. The van der Waals surface area contributed by atoms with E-state index in [1.54, 1.807) is 0 Å². The molecule has 0 atom stereocenters. The number of nitrogens with one attached hydrogen (secondary N) is 1. The molecule has 0 aliphatic carbocycles. The number of aromatic nitrogens is 2. The third kappa shape index (κ3) is 3.57. The summed E-state index contributed by atoms with van der Waals surface area (Å²) in [6, 6.07) is 6.19. The van der Waals surface area contributed by atoms with Crippen LogP contribution in [0.3, 0.4) is 0 Å². The maximum Gasteiger partial charge on any atom is 0.144 e. The zero-order chi connectivity index (χ0) is 14.9. The molecule has 0 fully saturated rings. The fourth-order valence-corrected chi connectivity index (χ4v) is 2.87. The van der Waals surface area contributed by atoms with Gasteiger partial charge in [0, 0.05) is 15.7 Å². The molecule has 0 spiro atoms. The molecular formula is C15H16Br2N2S. The van der Waals surface area contributed by atoms with Gasteiger partial charge in [0.15, 0.2) is 0 Å². The predicted molar refractivity (Wildman–Crippen MR) is 93.5 cm³/mol. The molecule has 0 radical (unpaired) electrons. The van der Waals surface area contributed by atoms with Gasteiger partial charge in [-0.15, -0.1) is 0 Å². The second kappa shape index (κ2) is 6.50. The SMILES string of the molecule is Cc1ccc(-c2nc(=S)c(Br)c(CC(C)C)[nH]2)cc1Br. The van der Waals surface area contributed by atoms with Crippen molar-refractivity contribution in [2.45, 2.75) is 27.2 Å². The van der Waals surface area contributed by atoms with Gasteiger partial charge >= 0.3 is 0 Å². The topological polar surface area (TPSA) is 28.7 Å². The van der Waals surface area contributed by atoms with E-state index < -0.39 is 0 Å². The summed E-state index contributed by atoms with van der Waals surface area (Å²) in [5.41, 5.74) is 3.34. The van der Waals surface area contributed by atoms with Crippen LogP contribution in [0.4, 0.5) is 0 Å². The number of H-pyrrole nitrogens is 1. The molecule has 1 aromatic carbocycles. The first-order valence-electron chi connectivity index (χ1n) is 6.43. The number of aryl methyl sites for hydroxylation is 1. The minimum absolute atomic E-state index is 0.553. The molecule has 0 aliphatic rings. The smallest absolute Gasteiger partial charge is 0.144 e. The molecule has 2 nitrogen and oxygen atoms in total. The maximum absolute atomic E-state index is 5.35. The summed E-state index contributed by atoms with van der Waals surface area (Å²) in [6.45, 7) is 6.44. The summed E-state index contributed by atoms with van der Waals surface area (Å²) < 4.78 is 2.58. The van der Waals surface area contributed by atoms with Crippen molar-refractivity contribution in [1.82, 2.24) is 9.97 Å². The standard InChI is InChI=1S/C15H16Br2N2S/c1-8(2)6-12-13(17)15(20)19-14(18-12)10-5-4-9(3)11(16)7-10/h4-5,7-8H,6H2,1-3H3,(H,18,19,20). The second-order valence-corrected chi connectivity index (χ2v) is 7.28. The maximum atomic E-state index is 5.35. The van der Waals surface area contributed by atoms with E-state index in [9.17, 15) is 0 Å². The van der Waals surface area contributed by atoms with E-state index >= 15 is 0 Å². The molecule has 0 aliphatic heterocycles. The van der Waals surface area contributed by atoms with Gasteiger partial charge in [0.1, 0.15) is 10.5 Å². The number of hydrogen-bond donors (Lipinski definition) is 1. The van der Waals surface area contributed by atoms with Crippen molar-refractivity contribution in [2.75, 3.05) is 0 Å². The molecule has 1 heterocycles. The summed E-state index contributed by atoms with van der Waals surface area (Å²) in [6.07, 6.45) is 0.937. The molecule has 0 bridgehead atoms. The lowest BCUT2D eigenvalue weighted by molar-refractivity contribution is 0.632. The largest absolute Gasteiger partial charge is 0.342 e. The molecule has 5 heteroatoms. The first-order chi connectivity index (χ1) is 9.38. The average Bonchev–Trinajstić information content (AvgIpc) is 2.37. The van der Waals surface area contributed by atoms with Gasteiger partial charge in [-0.2, -0.15) is 0 Å². The molecule has 0 amide bonds. The van der Waals surface area contributed by atoms with Gasteiger partial charge < -0.3 is 4.98 Å². The molecule has 1 N–H and O–H groups in total. The fourth-order valence-electron chi connectivity index (χ4n) is 1.93. The van der Waals surface area contributed by atoms with Crippen LogP contribution in [-0.2, 0) is 6.42 Å². The van der Waals surface area contributed by atoms with Crippen LogP contribution in [0.1, 0.15) is 25.1 Å². The fraction of sp³-hybridized carbons (Fsp3) is 0.333. The summed E-state index contributed by atoms with van der Waals surface area (Å²) >= 11 is 12.4. The monoisotopic (exact) mass is 414 g/mol. The Morgan fingerprint density at radius 1 is 1.30 bits per heavy atom. The van der Waals surface area contributed by atoms with Gasteiger partial charge in [-0.25, -0.2) is 4.98 Å². The Morgan fingerprint density at radius 2 is 2.00 bits per heavy atom. The number of nitrogens with zero attached hydrogens (tertiary/aromatic N) is 1. The third-order valence-corrected chi connectivity index (χ3v) is 5.26. The number of rotatable bonds is 3. The highest BCUT2D eigenvalue weighted by atomic mass is 79.9. The first kappa shape index (κ1) is 15.9. The average molecular weight is 416 g/mol. The lowest BCUT2D eigenvalue weighted by Gasteiger charge is -2.11. The van der Waals surface area contributed by atoms with Crippen LogP contribution in [0.2, 0.25) is 0 Å². The van der Waals surface area contributed by atoms with E-state index in [4.69, 9.17) is 12.2 Å². The quantitative estimate of drug-likeness (QED) is 0.638. The Morgan fingerprint density at radius 3 is 2.60 bits per heavy atom. The van der Waals surface area contributed by atoms with Crippen molar-refractivity contribution in [2.24, 2.45) is 5.92 Å². The molecule has 0 saturated heterocycles. The lowest BCUT2D eigenvalue weighted by Crippen LogP contribution is -2.02. The number of benzene rings is 1. The van der Waals surface area contributed by atoms with Crippen molar-refractivity contribution >= 4 is 44.1 Å². The summed E-state index contributed by atoms with van der Waals surface area (Å²) in [7, 11) is 0. The summed E-state index contributed by atoms with van der Waals surface area (Å²) in [4.78, 5) is 7.88. The van der Waals surface area contributed by atoms with E-state index in [-0.39, 0.29) is 0 Å². The Balaban J connectivity index is 2.54. The Kier molecular flexibility index (Phi) is 5.15. The third-order valence-electron chi connectivity index (χ3n) is 2.99. The van der Waals surface area contributed by atoms with Crippen LogP contribution in [0.25, 0.3) is 11.4 Å². The van der Waals surface area contributed by atoms with Crippen LogP contribution in [-0.4, -0.2) is 9.97 Å². The van der Waals surface area contributed by atoms with Crippen molar-refractivity contribution in [3.8, 4) is 11.4 Å². The number of halogens is 2. The Labute approximate surface area is 141 Å². The molecule has 106 valence electrons. The summed E-state index contributed by atoms with van der Waals surface area (Å²) in [5, 5.41) is 0.